The molecule has 3 aromatic rings. The van der Waals surface area contributed by atoms with Crippen molar-refractivity contribution in [3.63, 3.8) is 0 Å². The molecule has 0 atom stereocenters. The zero-order chi connectivity index (χ0) is 22.6. The number of sulfonamides is 1. The minimum Gasteiger partial charge on any atom is -0.494 e. The molecule has 2 aromatic carbocycles. The number of hydrogen-bond acceptors (Lipinski definition) is 7. The first-order valence-electron chi connectivity index (χ1n) is 9.00. The number of ether oxygens (including phenoxy) is 2. The molecule has 162 valence electrons. The van der Waals surface area contributed by atoms with Crippen molar-refractivity contribution in [3.05, 3.63) is 69.9 Å². The van der Waals surface area contributed by atoms with Crippen molar-refractivity contribution in [2.24, 2.45) is 0 Å². The van der Waals surface area contributed by atoms with Gasteiger partial charge in [0.2, 0.25) is 0 Å². The largest absolute Gasteiger partial charge is 0.494 e. The highest BCUT2D eigenvalue weighted by molar-refractivity contribution is 7.93. The average molecular weight is 461 g/mol. The molecular weight excluding hydrogens is 440 g/mol. The third-order valence-electron chi connectivity index (χ3n) is 4.36. The maximum absolute atomic E-state index is 12.9. The molecular formula is C21H20N2O6S2. The van der Waals surface area contributed by atoms with E-state index in [1.807, 2.05) is 6.07 Å². The fourth-order valence-electron chi connectivity index (χ4n) is 2.81. The van der Waals surface area contributed by atoms with Crippen LogP contribution in [0.3, 0.4) is 0 Å². The molecule has 2 N–H and O–H groups in total. The Hall–Kier alpha value is -3.37. The van der Waals surface area contributed by atoms with E-state index < -0.39 is 16.0 Å². The molecule has 31 heavy (non-hydrogen) atoms. The lowest BCUT2D eigenvalue weighted by atomic mass is 10.1. The SMILES string of the molecule is COC(=O)c1sccc1S(=O)(=O)Nc1cc(C)c(NC(=O)c2ccccc2)cc1OC. The highest BCUT2D eigenvalue weighted by Gasteiger charge is 2.26. The van der Waals surface area contributed by atoms with Gasteiger partial charge in [-0.2, -0.15) is 0 Å². The molecule has 0 aliphatic heterocycles. The Morgan fingerprint density at radius 2 is 1.71 bits per heavy atom. The first-order chi connectivity index (χ1) is 14.8. The van der Waals surface area contributed by atoms with Gasteiger partial charge in [0.25, 0.3) is 15.9 Å². The summed E-state index contributed by atoms with van der Waals surface area (Å²) in [6.45, 7) is 1.72. The second-order valence-electron chi connectivity index (χ2n) is 6.40. The lowest BCUT2D eigenvalue weighted by molar-refractivity contribution is 0.0602. The number of nitrogens with one attached hydrogen (secondary N) is 2. The highest BCUT2D eigenvalue weighted by atomic mass is 32.2. The topological polar surface area (TPSA) is 111 Å². The maximum Gasteiger partial charge on any atom is 0.349 e. The van der Waals surface area contributed by atoms with E-state index in [4.69, 9.17) is 4.74 Å². The van der Waals surface area contributed by atoms with Gasteiger partial charge in [-0.25, -0.2) is 13.2 Å². The number of amides is 1. The van der Waals surface area contributed by atoms with E-state index in [-0.39, 0.29) is 27.1 Å². The Balaban J connectivity index is 1.91. The fourth-order valence-corrected chi connectivity index (χ4v) is 5.20. The summed E-state index contributed by atoms with van der Waals surface area (Å²) in [7, 11) is -1.53. The zero-order valence-electron chi connectivity index (χ0n) is 17.0. The number of carbonyl (C=O) groups is 2. The molecule has 0 fully saturated rings. The lowest BCUT2D eigenvalue weighted by Crippen LogP contribution is -2.17. The summed E-state index contributed by atoms with van der Waals surface area (Å²) < 4.78 is 38.2. The molecule has 8 nitrogen and oxygen atoms in total. The van der Waals surface area contributed by atoms with Crippen molar-refractivity contribution in [3.8, 4) is 5.75 Å². The number of methoxy groups -OCH3 is 2. The molecule has 0 bridgehead atoms. The van der Waals surface area contributed by atoms with Crippen molar-refractivity contribution < 1.29 is 27.5 Å². The second-order valence-corrected chi connectivity index (χ2v) is 8.97. The van der Waals surface area contributed by atoms with Gasteiger partial charge in [0.1, 0.15) is 15.5 Å². The van der Waals surface area contributed by atoms with Crippen LogP contribution in [0.2, 0.25) is 0 Å². The van der Waals surface area contributed by atoms with Crippen molar-refractivity contribution in [2.45, 2.75) is 11.8 Å². The molecule has 3 rings (SSSR count). The van der Waals surface area contributed by atoms with Gasteiger partial charge < -0.3 is 14.8 Å². The van der Waals surface area contributed by atoms with Crippen molar-refractivity contribution in [2.75, 3.05) is 24.3 Å². The third kappa shape index (κ3) is 4.86. The van der Waals surface area contributed by atoms with Crippen LogP contribution in [0.15, 0.2) is 58.8 Å². The quantitative estimate of drug-likeness (QED) is 0.517. The van der Waals surface area contributed by atoms with Gasteiger partial charge in [-0.3, -0.25) is 9.52 Å². The van der Waals surface area contributed by atoms with E-state index in [1.54, 1.807) is 37.3 Å². The summed E-state index contributed by atoms with van der Waals surface area (Å²) >= 11 is 0.967. The van der Waals surface area contributed by atoms with Crippen molar-refractivity contribution in [1.82, 2.24) is 0 Å². The zero-order valence-corrected chi connectivity index (χ0v) is 18.6. The summed E-state index contributed by atoms with van der Waals surface area (Å²) in [6.07, 6.45) is 0. The molecule has 0 aliphatic rings. The van der Waals surface area contributed by atoms with Crippen LogP contribution < -0.4 is 14.8 Å². The predicted octanol–water partition coefficient (Wildman–Crippen LogP) is 3.90. The van der Waals surface area contributed by atoms with Crippen LogP contribution in [0, 0.1) is 6.92 Å². The lowest BCUT2D eigenvalue weighted by Gasteiger charge is -2.16. The van der Waals surface area contributed by atoms with Gasteiger partial charge in [-0.15, -0.1) is 11.3 Å². The predicted molar refractivity (Wildman–Crippen MR) is 119 cm³/mol. The summed E-state index contributed by atoms with van der Waals surface area (Å²) in [5.74, 6) is -0.843. The van der Waals surface area contributed by atoms with E-state index in [9.17, 15) is 18.0 Å². The minimum atomic E-state index is -4.09. The Kier molecular flexibility index (Phi) is 6.62. The molecule has 0 unspecified atom stereocenters. The number of esters is 1. The molecule has 1 heterocycles. The molecule has 0 saturated heterocycles. The van der Waals surface area contributed by atoms with Gasteiger partial charge in [0, 0.05) is 17.3 Å². The monoisotopic (exact) mass is 460 g/mol. The van der Waals surface area contributed by atoms with Crippen LogP contribution in [-0.2, 0) is 14.8 Å². The van der Waals surface area contributed by atoms with Crippen molar-refractivity contribution >= 4 is 44.6 Å². The number of thiophene rings is 1. The molecule has 0 spiro atoms. The molecule has 0 saturated carbocycles. The van der Waals surface area contributed by atoms with Gasteiger partial charge in [-0.1, -0.05) is 18.2 Å². The number of carbonyl (C=O) groups excluding carboxylic acids is 2. The fraction of sp³-hybridized carbons (Fsp3) is 0.143. The van der Waals surface area contributed by atoms with Crippen LogP contribution in [0.1, 0.15) is 25.6 Å². The van der Waals surface area contributed by atoms with E-state index in [0.717, 1.165) is 11.3 Å². The van der Waals surface area contributed by atoms with Crippen molar-refractivity contribution in [1.29, 1.82) is 0 Å². The summed E-state index contributed by atoms with van der Waals surface area (Å²) in [5, 5.41) is 4.29. The molecule has 1 aromatic heterocycles. The van der Waals surface area contributed by atoms with E-state index in [1.165, 1.54) is 31.7 Å². The summed E-state index contributed by atoms with van der Waals surface area (Å²) in [4.78, 5) is 24.1. The van der Waals surface area contributed by atoms with Gasteiger partial charge in [0.15, 0.2) is 0 Å². The smallest absolute Gasteiger partial charge is 0.349 e. The molecule has 0 aliphatic carbocycles. The minimum absolute atomic E-state index is 0.0302. The number of hydrogen-bond donors (Lipinski definition) is 2. The Labute approximate surface area is 183 Å². The third-order valence-corrected chi connectivity index (χ3v) is 6.80. The number of rotatable bonds is 7. The standard InChI is InChI=1S/C21H20N2O6S2/c1-13-11-16(23-31(26,27)18-9-10-30-19(18)21(25)29-3)17(28-2)12-15(13)22-20(24)14-7-5-4-6-8-14/h4-12,23H,1-3H3,(H,22,24). The van der Waals surface area contributed by atoms with Crippen LogP contribution >= 0.6 is 11.3 Å². The second kappa shape index (κ2) is 9.19. The first-order valence-corrected chi connectivity index (χ1v) is 11.4. The number of benzene rings is 2. The summed E-state index contributed by atoms with van der Waals surface area (Å²) in [5.41, 5.74) is 1.74. The Morgan fingerprint density at radius 1 is 1.00 bits per heavy atom. The van der Waals surface area contributed by atoms with Crippen LogP contribution in [0.4, 0.5) is 11.4 Å². The first kappa shape index (κ1) is 22.3. The summed E-state index contributed by atoms with van der Waals surface area (Å²) in [6, 6.07) is 13.1. The number of anilines is 2. The van der Waals surface area contributed by atoms with Crippen LogP contribution in [-0.4, -0.2) is 34.5 Å². The van der Waals surface area contributed by atoms with Crippen LogP contribution in [0.25, 0.3) is 0 Å². The van der Waals surface area contributed by atoms with E-state index in [2.05, 4.69) is 14.8 Å². The number of aryl methyl sites for hydroxylation is 1. The van der Waals surface area contributed by atoms with Gasteiger partial charge in [0.05, 0.1) is 19.9 Å². The van der Waals surface area contributed by atoms with Gasteiger partial charge in [-0.05, 0) is 42.1 Å². The van der Waals surface area contributed by atoms with Gasteiger partial charge >= 0.3 is 5.97 Å². The Morgan fingerprint density at radius 3 is 2.35 bits per heavy atom. The Bertz CT molecular complexity index is 1220. The average Bonchev–Trinajstić information content (AvgIpc) is 3.26. The molecule has 10 heteroatoms. The maximum atomic E-state index is 12.9. The van der Waals surface area contributed by atoms with E-state index >= 15 is 0 Å². The van der Waals surface area contributed by atoms with Crippen LogP contribution in [0.5, 0.6) is 5.75 Å². The molecule has 1 amide bonds. The highest BCUT2D eigenvalue weighted by Crippen LogP contribution is 2.34. The van der Waals surface area contributed by atoms with E-state index in [0.29, 0.717) is 16.8 Å². The molecule has 0 radical (unpaired) electrons. The normalized spacial score (nSPS) is 10.9.